The number of fused-ring (bicyclic) bond motifs is 6. The lowest BCUT2D eigenvalue weighted by atomic mass is 9.82. The lowest BCUT2D eigenvalue weighted by Gasteiger charge is -2.35. The highest BCUT2D eigenvalue weighted by atomic mass is 32.2. The summed E-state index contributed by atoms with van der Waals surface area (Å²) in [5.41, 5.74) is 9.36. The molecule has 4 aromatic carbocycles. The summed E-state index contributed by atoms with van der Waals surface area (Å²) < 4.78 is 0. The molecule has 0 spiro atoms. The van der Waals surface area contributed by atoms with Crippen molar-refractivity contribution in [1.29, 1.82) is 0 Å². The Kier molecular flexibility index (Phi) is 3.51. The van der Waals surface area contributed by atoms with Crippen molar-refractivity contribution in [3.05, 3.63) is 102 Å². The van der Waals surface area contributed by atoms with Gasteiger partial charge in [0.2, 0.25) is 0 Å². The van der Waals surface area contributed by atoms with Crippen LogP contribution in [-0.2, 0) is 5.41 Å². The van der Waals surface area contributed by atoms with Crippen molar-refractivity contribution in [3.8, 4) is 11.1 Å². The van der Waals surface area contributed by atoms with E-state index in [0.717, 1.165) is 0 Å². The molecule has 0 bridgehead atoms. The Balaban J connectivity index is 1.72. The van der Waals surface area contributed by atoms with E-state index in [1.807, 2.05) is 11.8 Å². The fourth-order valence-electron chi connectivity index (χ4n) is 4.87. The van der Waals surface area contributed by atoms with E-state index in [4.69, 9.17) is 0 Å². The Morgan fingerprint density at radius 3 is 2.24 bits per heavy atom. The first-order chi connectivity index (χ1) is 14.2. The van der Waals surface area contributed by atoms with Gasteiger partial charge in [-0.2, -0.15) is 0 Å². The van der Waals surface area contributed by atoms with Crippen molar-refractivity contribution in [2.75, 3.05) is 4.90 Å². The van der Waals surface area contributed by atoms with Gasteiger partial charge in [-0.05, 0) is 47.0 Å². The number of hydrogen-bond donors (Lipinski definition) is 0. The summed E-state index contributed by atoms with van der Waals surface area (Å²) in [5.74, 6) is 0. The minimum atomic E-state index is 0.00491. The van der Waals surface area contributed by atoms with Gasteiger partial charge in [0.25, 0.3) is 0 Å². The van der Waals surface area contributed by atoms with E-state index in [0.29, 0.717) is 0 Å². The SMILES string of the molecule is CC1(C)c2ccccc2-c2c1ccc1c2N(c2ccccc2)c2ccccc2S1. The minimum Gasteiger partial charge on any atom is -0.308 e. The van der Waals surface area contributed by atoms with Crippen molar-refractivity contribution >= 4 is 28.8 Å². The second kappa shape index (κ2) is 6.01. The van der Waals surface area contributed by atoms with Gasteiger partial charge in [0.1, 0.15) is 0 Å². The number of para-hydroxylation sites is 2. The molecule has 2 heteroatoms. The Bertz CT molecular complexity index is 1260. The first-order valence-corrected chi connectivity index (χ1v) is 10.9. The average molecular weight is 392 g/mol. The predicted molar refractivity (Wildman–Crippen MR) is 123 cm³/mol. The first-order valence-electron chi connectivity index (χ1n) is 10.1. The van der Waals surface area contributed by atoms with Gasteiger partial charge in [-0.3, -0.25) is 0 Å². The van der Waals surface area contributed by atoms with Gasteiger partial charge in [0.05, 0.1) is 11.4 Å². The summed E-state index contributed by atoms with van der Waals surface area (Å²) in [6, 6.07) is 33.1. The van der Waals surface area contributed by atoms with Crippen molar-refractivity contribution in [1.82, 2.24) is 0 Å². The van der Waals surface area contributed by atoms with E-state index in [1.54, 1.807) is 0 Å². The maximum atomic E-state index is 2.46. The molecule has 29 heavy (non-hydrogen) atoms. The van der Waals surface area contributed by atoms with Crippen molar-refractivity contribution < 1.29 is 0 Å². The van der Waals surface area contributed by atoms with Crippen LogP contribution in [-0.4, -0.2) is 0 Å². The van der Waals surface area contributed by atoms with Crippen LogP contribution < -0.4 is 4.90 Å². The summed E-state index contributed by atoms with van der Waals surface area (Å²) in [4.78, 5) is 5.08. The molecule has 1 heterocycles. The molecule has 0 saturated carbocycles. The van der Waals surface area contributed by atoms with Crippen LogP contribution in [0.4, 0.5) is 17.1 Å². The first kappa shape index (κ1) is 16.9. The van der Waals surface area contributed by atoms with Crippen molar-refractivity contribution in [2.24, 2.45) is 0 Å². The monoisotopic (exact) mass is 391 g/mol. The van der Waals surface area contributed by atoms with Gasteiger partial charge in [-0.1, -0.05) is 86.3 Å². The Hall–Kier alpha value is -2.97. The van der Waals surface area contributed by atoms with E-state index in [2.05, 4.69) is 110 Å². The van der Waals surface area contributed by atoms with Crippen LogP contribution in [0.1, 0.15) is 25.0 Å². The van der Waals surface area contributed by atoms with E-state index < -0.39 is 0 Å². The van der Waals surface area contributed by atoms with E-state index in [-0.39, 0.29) is 5.41 Å². The molecule has 1 aliphatic heterocycles. The number of nitrogens with zero attached hydrogens (tertiary/aromatic N) is 1. The highest BCUT2D eigenvalue weighted by Crippen LogP contribution is 2.60. The molecule has 1 aliphatic carbocycles. The highest BCUT2D eigenvalue weighted by Gasteiger charge is 2.40. The number of hydrogen-bond acceptors (Lipinski definition) is 2. The van der Waals surface area contributed by atoms with Gasteiger partial charge in [-0.15, -0.1) is 0 Å². The fraction of sp³-hybridized carbons (Fsp3) is 0.111. The fourth-order valence-corrected chi connectivity index (χ4v) is 5.95. The third-order valence-electron chi connectivity index (χ3n) is 6.25. The van der Waals surface area contributed by atoms with Gasteiger partial charge in [0.15, 0.2) is 0 Å². The zero-order valence-corrected chi connectivity index (χ0v) is 17.3. The molecular formula is C27H21NS. The zero-order chi connectivity index (χ0) is 19.6. The summed E-state index contributed by atoms with van der Waals surface area (Å²) >= 11 is 1.88. The quantitative estimate of drug-likeness (QED) is 0.285. The summed E-state index contributed by atoms with van der Waals surface area (Å²) in [6.07, 6.45) is 0. The Labute approximate surface area is 176 Å². The van der Waals surface area contributed by atoms with Gasteiger partial charge in [-0.25, -0.2) is 0 Å². The van der Waals surface area contributed by atoms with Crippen LogP contribution in [0.5, 0.6) is 0 Å². The second-order valence-electron chi connectivity index (χ2n) is 8.25. The smallest absolute Gasteiger partial charge is 0.0683 e. The van der Waals surface area contributed by atoms with Gasteiger partial charge < -0.3 is 4.90 Å². The molecule has 0 unspecified atom stereocenters. The Morgan fingerprint density at radius 1 is 0.655 bits per heavy atom. The molecule has 0 atom stereocenters. The minimum absolute atomic E-state index is 0.00491. The second-order valence-corrected chi connectivity index (χ2v) is 9.33. The summed E-state index contributed by atoms with van der Waals surface area (Å²) in [6.45, 7) is 4.70. The number of benzene rings is 4. The zero-order valence-electron chi connectivity index (χ0n) is 16.5. The maximum Gasteiger partial charge on any atom is 0.0683 e. The topological polar surface area (TPSA) is 3.24 Å². The van der Waals surface area contributed by atoms with Crippen LogP contribution in [0.3, 0.4) is 0 Å². The third kappa shape index (κ3) is 2.30. The number of anilines is 3. The molecule has 0 N–H and O–H groups in total. The van der Waals surface area contributed by atoms with Gasteiger partial charge in [0, 0.05) is 26.5 Å². The molecule has 6 rings (SSSR count). The molecule has 1 nitrogen and oxygen atoms in total. The van der Waals surface area contributed by atoms with Crippen LogP contribution >= 0.6 is 11.8 Å². The van der Waals surface area contributed by atoms with E-state index >= 15 is 0 Å². The molecule has 0 fully saturated rings. The lowest BCUT2D eigenvalue weighted by Crippen LogP contribution is -2.18. The van der Waals surface area contributed by atoms with Gasteiger partial charge >= 0.3 is 0 Å². The van der Waals surface area contributed by atoms with E-state index in [1.165, 1.54) is 49.1 Å². The molecule has 140 valence electrons. The lowest BCUT2D eigenvalue weighted by molar-refractivity contribution is 0.660. The number of rotatable bonds is 1. The van der Waals surface area contributed by atoms with E-state index in [9.17, 15) is 0 Å². The highest BCUT2D eigenvalue weighted by molar-refractivity contribution is 7.99. The molecule has 0 aromatic heterocycles. The van der Waals surface area contributed by atoms with Crippen LogP contribution in [0.15, 0.2) is 101 Å². The molecular weight excluding hydrogens is 370 g/mol. The normalized spacial score (nSPS) is 15.3. The van der Waals surface area contributed by atoms with Crippen LogP contribution in [0, 0.1) is 0 Å². The molecule has 2 aliphatic rings. The predicted octanol–water partition coefficient (Wildman–Crippen LogP) is 7.93. The van der Waals surface area contributed by atoms with Crippen LogP contribution in [0.25, 0.3) is 11.1 Å². The average Bonchev–Trinajstić information content (AvgIpc) is 3.00. The molecule has 0 saturated heterocycles. The maximum absolute atomic E-state index is 2.46. The summed E-state index contributed by atoms with van der Waals surface area (Å²) in [5, 5.41) is 0. The molecule has 4 aromatic rings. The molecule has 0 radical (unpaired) electrons. The largest absolute Gasteiger partial charge is 0.308 e. The summed E-state index contributed by atoms with van der Waals surface area (Å²) in [7, 11) is 0. The molecule has 0 amide bonds. The standard InChI is InChI=1S/C27H21NS/c1-27(2)20-13-7-6-12-19(20)25-21(27)16-17-24-26(25)28(18-10-4-3-5-11-18)22-14-8-9-15-23(22)29-24/h3-17H,1-2H3. The van der Waals surface area contributed by atoms with Crippen molar-refractivity contribution in [2.45, 2.75) is 29.1 Å². The van der Waals surface area contributed by atoms with Crippen LogP contribution in [0.2, 0.25) is 0 Å². The Morgan fingerprint density at radius 2 is 1.38 bits per heavy atom. The van der Waals surface area contributed by atoms with Crippen molar-refractivity contribution in [3.63, 3.8) is 0 Å². The third-order valence-corrected chi connectivity index (χ3v) is 7.36.